The van der Waals surface area contributed by atoms with E-state index < -0.39 is 0 Å². The highest BCUT2D eigenvalue weighted by Crippen LogP contribution is 2.25. The number of carbonyl (C=O) groups excluding carboxylic acids is 2. The van der Waals surface area contributed by atoms with Crippen molar-refractivity contribution < 1.29 is 9.59 Å². The van der Waals surface area contributed by atoms with Crippen LogP contribution < -0.4 is 11.1 Å². The van der Waals surface area contributed by atoms with E-state index in [1.807, 2.05) is 19.2 Å². The van der Waals surface area contributed by atoms with Gasteiger partial charge in [0.2, 0.25) is 5.91 Å². The van der Waals surface area contributed by atoms with Gasteiger partial charge in [-0.2, -0.15) is 0 Å². The van der Waals surface area contributed by atoms with Crippen molar-refractivity contribution in [1.82, 2.24) is 10.2 Å². The molecule has 0 radical (unpaired) electrons. The van der Waals surface area contributed by atoms with Crippen molar-refractivity contribution in [3.05, 3.63) is 35.4 Å². The van der Waals surface area contributed by atoms with Gasteiger partial charge in [0, 0.05) is 38.2 Å². The van der Waals surface area contributed by atoms with E-state index in [2.05, 4.69) is 5.32 Å². The number of nitrogens with one attached hydrogen (secondary N) is 1. The fraction of sp³-hybridized carbons (Fsp3) is 0.529. The monoisotopic (exact) mass is 339 g/mol. The summed E-state index contributed by atoms with van der Waals surface area (Å²) >= 11 is 0. The fourth-order valence-corrected chi connectivity index (χ4v) is 3.02. The molecule has 2 rings (SSSR count). The Morgan fingerprint density at radius 3 is 2.48 bits per heavy atom. The lowest BCUT2D eigenvalue weighted by molar-refractivity contribution is -0.135. The molecule has 128 valence electrons. The maximum absolute atomic E-state index is 12.5. The van der Waals surface area contributed by atoms with E-state index in [1.165, 1.54) is 0 Å². The lowest BCUT2D eigenvalue weighted by Gasteiger charge is -2.29. The standard InChI is InChI=1S/C17H25N3O2.ClH/c1-19-16(21)13-8-6-12(7-9-13)11-20(2)17(22)14-4-3-5-15(18)10-14;/h6-9,14-15H,3-5,10-11,18H2,1-2H3,(H,19,21);1H. The zero-order valence-electron chi connectivity index (χ0n) is 13.7. The van der Waals surface area contributed by atoms with E-state index in [-0.39, 0.29) is 36.2 Å². The number of benzene rings is 1. The fourth-order valence-electron chi connectivity index (χ4n) is 3.02. The molecule has 5 nitrogen and oxygen atoms in total. The largest absolute Gasteiger partial charge is 0.355 e. The molecule has 0 heterocycles. The zero-order valence-corrected chi connectivity index (χ0v) is 14.6. The van der Waals surface area contributed by atoms with Crippen LogP contribution in [0.5, 0.6) is 0 Å². The molecule has 1 saturated carbocycles. The molecule has 0 bridgehead atoms. The Morgan fingerprint density at radius 1 is 1.26 bits per heavy atom. The Hall–Kier alpha value is -1.59. The Morgan fingerprint density at radius 2 is 1.91 bits per heavy atom. The number of hydrogen-bond acceptors (Lipinski definition) is 3. The molecule has 1 aliphatic carbocycles. The van der Waals surface area contributed by atoms with Crippen molar-refractivity contribution in [3.8, 4) is 0 Å². The maximum atomic E-state index is 12.5. The van der Waals surface area contributed by atoms with Crippen LogP contribution in [0.15, 0.2) is 24.3 Å². The first kappa shape index (κ1) is 19.5. The summed E-state index contributed by atoms with van der Waals surface area (Å²) < 4.78 is 0. The second-order valence-electron chi connectivity index (χ2n) is 6.09. The van der Waals surface area contributed by atoms with E-state index in [4.69, 9.17) is 5.73 Å². The summed E-state index contributed by atoms with van der Waals surface area (Å²) in [5, 5.41) is 2.59. The Labute approximate surface area is 144 Å². The van der Waals surface area contributed by atoms with Crippen LogP contribution in [0, 0.1) is 5.92 Å². The quantitative estimate of drug-likeness (QED) is 0.880. The average Bonchev–Trinajstić information content (AvgIpc) is 2.54. The van der Waals surface area contributed by atoms with Crippen LogP contribution in [-0.4, -0.2) is 36.9 Å². The summed E-state index contributed by atoms with van der Waals surface area (Å²) in [6.45, 7) is 0.554. The highest BCUT2D eigenvalue weighted by molar-refractivity contribution is 5.93. The molecule has 2 unspecified atom stereocenters. The van der Waals surface area contributed by atoms with Crippen LogP contribution in [-0.2, 0) is 11.3 Å². The number of carbonyl (C=O) groups is 2. The van der Waals surface area contributed by atoms with Gasteiger partial charge in [-0.05, 0) is 37.0 Å². The van der Waals surface area contributed by atoms with Gasteiger partial charge in [0.05, 0.1) is 0 Å². The van der Waals surface area contributed by atoms with Gasteiger partial charge in [-0.25, -0.2) is 0 Å². The number of nitrogens with two attached hydrogens (primary N) is 1. The zero-order chi connectivity index (χ0) is 16.1. The van der Waals surface area contributed by atoms with Crippen LogP contribution in [0.2, 0.25) is 0 Å². The third-order valence-electron chi connectivity index (χ3n) is 4.30. The van der Waals surface area contributed by atoms with Gasteiger partial charge >= 0.3 is 0 Å². The van der Waals surface area contributed by atoms with E-state index >= 15 is 0 Å². The summed E-state index contributed by atoms with van der Waals surface area (Å²) in [6, 6.07) is 7.50. The third-order valence-corrected chi connectivity index (χ3v) is 4.30. The Kier molecular flexibility index (Phi) is 7.52. The van der Waals surface area contributed by atoms with Gasteiger partial charge in [-0.15, -0.1) is 12.4 Å². The number of amides is 2. The van der Waals surface area contributed by atoms with Gasteiger partial charge in [-0.1, -0.05) is 18.6 Å². The first-order valence-corrected chi connectivity index (χ1v) is 7.83. The summed E-state index contributed by atoms with van der Waals surface area (Å²) in [5.74, 6) is 0.122. The average molecular weight is 340 g/mol. The van der Waals surface area contributed by atoms with Gasteiger partial charge in [0.1, 0.15) is 0 Å². The smallest absolute Gasteiger partial charge is 0.251 e. The summed E-state index contributed by atoms with van der Waals surface area (Å²) in [5.41, 5.74) is 7.61. The molecule has 3 N–H and O–H groups in total. The summed E-state index contributed by atoms with van der Waals surface area (Å²) in [4.78, 5) is 25.7. The van der Waals surface area contributed by atoms with Gasteiger partial charge < -0.3 is 16.0 Å². The van der Waals surface area contributed by atoms with Crippen molar-refractivity contribution in [1.29, 1.82) is 0 Å². The van der Waals surface area contributed by atoms with Gasteiger partial charge in [-0.3, -0.25) is 9.59 Å². The lowest BCUT2D eigenvalue weighted by Crippen LogP contribution is -2.38. The minimum absolute atomic E-state index is 0. The number of hydrogen-bond donors (Lipinski definition) is 2. The normalized spacial score (nSPS) is 20.3. The Bertz CT molecular complexity index is 533. The first-order valence-electron chi connectivity index (χ1n) is 7.83. The molecule has 1 aliphatic rings. The second kappa shape index (κ2) is 8.89. The molecule has 1 aromatic carbocycles. The molecule has 0 aliphatic heterocycles. The maximum Gasteiger partial charge on any atom is 0.251 e. The molecule has 0 aromatic heterocycles. The minimum atomic E-state index is -0.104. The topological polar surface area (TPSA) is 75.4 Å². The van der Waals surface area contributed by atoms with Crippen molar-refractivity contribution in [2.24, 2.45) is 11.7 Å². The van der Waals surface area contributed by atoms with Crippen molar-refractivity contribution in [2.45, 2.75) is 38.3 Å². The molecular formula is C17H26ClN3O2. The molecule has 2 atom stereocenters. The molecule has 23 heavy (non-hydrogen) atoms. The predicted molar refractivity (Wildman–Crippen MR) is 93.5 cm³/mol. The highest BCUT2D eigenvalue weighted by atomic mass is 35.5. The molecule has 0 saturated heterocycles. The summed E-state index contributed by atoms with van der Waals surface area (Å²) in [6.07, 6.45) is 3.78. The van der Waals surface area contributed by atoms with E-state index in [1.54, 1.807) is 24.1 Å². The van der Waals surface area contributed by atoms with Crippen LogP contribution >= 0.6 is 12.4 Å². The SMILES string of the molecule is CNC(=O)c1ccc(CN(C)C(=O)C2CCCC(N)C2)cc1.Cl. The predicted octanol–water partition coefficient (Wildman–Crippen LogP) is 1.94. The lowest BCUT2D eigenvalue weighted by atomic mass is 9.85. The molecule has 1 aromatic rings. The van der Waals surface area contributed by atoms with Crippen LogP contribution in [0.3, 0.4) is 0 Å². The first-order chi connectivity index (χ1) is 10.5. The molecular weight excluding hydrogens is 314 g/mol. The number of rotatable bonds is 4. The van der Waals surface area contributed by atoms with Crippen LogP contribution in [0.1, 0.15) is 41.6 Å². The van der Waals surface area contributed by atoms with Crippen molar-refractivity contribution in [2.75, 3.05) is 14.1 Å². The third kappa shape index (κ3) is 5.22. The van der Waals surface area contributed by atoms with Crippen molar-refractivity contribution in [3.63, 3.8) is 0 Å². The van der Waals surface area contributed by atoms with Crippen molar-refractivity contribution >= 4 is 24.2 Å². The highest BCUT2D eigenvalue weighted by Gasteiger charge is 2.27. The van der Waals surface area contributed by atoms with E-state index in [9.17, 15) is 9.59 Å². The molecule has 1 fully saturated rings. The molecule has 2 amide bonds. The second-order valence-corrected chi connectivity index (χ2v) is 6.09. The number of halogens is 1. The van der Waals surface area contributed by atoms with Gasteiger partial charge in [0.25, 0.3) is 5.91 Å². The summed E-state index contributed by atoms with van der Waals surface area (Å²) in [7, 11) is 3.44. The van der Waals surface area contributed by atoms with Gasteiger partial charge in [0.15, 0.2) is 0 Å². The number of nitrogens with zero attached hydrogens (tertiary/aromatic N) is 1. The Balaban J connectivity index is 0.00000264. The molecule has 6 heteroatoms. The molecule has 0 spiro atoms. The van der Waals surface area contributed by atoms with Crippen LogP contribution in [0.25, 0.3) is 0 Å². The van der Waals surface area contributed by atoms with E-state index in [0.717, 1.165) is 31.2 Å². The minimum Gasteiger partial charge on any atom is -0.355 e. The van der Waals surface area contributed by atoms with Crippen LogP contribution in [0.4, 0.5) is 0 Å². The van der Waals surface area contributed by atoms with E-state index in [0.29, 0.717) is 12.1 Å².